The predicted molar refractivity (Wildman–Crippen MR) is 57.8 cm³/mol. The molecule has 1 nitrogen and oxygen atoms in total. The van der Waals surface area contributed by atoms with Crippen molar-refractivity contribution in [2.75, 3.05) is 6.54 Å². The zero-order valence-electron chi connectivity index (χ0n) is 8.64. The molecule has 0 saturated heterocycles. The van der Waals surface area contributed by atoms with Crippen molar-refractivity contribution in [2.45, 2.75) is 33.2 Å². The molecule has 0 aliphatic rings. The summed E-state index contributed by atoms with van der Waals surface area (Å²) in [5.41, 5.74) is 2.80. The first kappa shape index (κ1) is 10.3. The molecule has 0 aromatic heterocycles. The summed E-state index contributed by atoms with van der Waals surface area (Å²) in [4.78, 5) is 0. The van der Waals surface area contributed by atoms with Crippen molar-refractivity contribution in [1.29, 1.82) is 0 Å². The van der Waals surface area contributed by atoms with Crippen LogP contribution in [0.3, 0.4) is 0 Å². The second kappa shape index (κ2) is 5.76. The Morgan fingerprint density at radius 3 is 2.15 bits per heavy atom. The Balaban J connectivity index is 2.40. The summed E-state index contributed by atoms with van der Waals surface area (Å²) < 4.78 is 0. The van der Waals surface area contributed by atoms with E-state index in [0.29, 0.717) is 0 Å². The standard InChI is InChI=1S/C12H19N/c1-3-9-13-10-12-7-5-11(4-2)6-8-12/h5-8,13H,3-4,9-10H2,1-2H3. The fourth-order valence-corrected chi connectivity index (χ4v) is 1.30. The zero-order valence-corrected chi connectivity index (χ0v) is 8.64. The molecule has 0 aliphatic carbocycles. The summed E-state index contributed by atoms with van der Waals surface area (Å²) in [5.74, 6) is 0. The maximum Gasteiger partial charge on any atom is 0.0205 e. The second-order valence-corrected chi connectivity index (χ2v) is 3.35. The van der Waals surface area contributed by atoms with Gasteiger partial charge < -0.3 is 5.32 Å². The van der Waals surface area contributed by atoms with E-state index in [-0.39, 0.29) is 0 Å². The van der Waals surface area contributed by atoms with E-state index in [2.05, 4.69) is 43.4 Å². The van der Waals surface area contributed by atoms with Crippen molar-refractivity contribution in [3.8, 4) is 0 Å². The Labute approximate surface area is 81.2 Å². The van der Waals surface area contributed by atoms with E-state index >= 15 is 0 Å². The minimum Gasteiger partial charge on any atom is -0.313 e. The molecule has 1 rings (SSSR count). The number of aryl methyl sites for hydroxylation is 1. The number of hydrogen-bond donors (Lipinski definition) is 1. The Hall–Kier alpha value is -0.820. The lowest BCUT2D eigenvalue weighted by Crippen LogP contribution is -2.13. The van der Waals surface area contributed by atoms with Gasteiger partial charge in [0.15, 0.2) is 0 Å². The van der Waals surface area contributed by atoms with E-state index in [1.165, 1.54) is 17.5 Å². The van der Waals surface area contributed by atoms with Crippen LogP contribution in [0.5, 0.6) is 0 Å². The number of nitrogens with one attached hydrogen (secondary N) is 1. The Bertz CT molecular complexity index is 225. The lowest BCUT2D eigenvalue weighted by atomic mass is 10.1. The molecule has 1 aromatic rings. The summed E-state index contributed by atoms with van der Waals surface area (Å²) in [6.07, 6.45) is 2.33. The second-order valence-electron chi connectivity index (χ2n) is 3.35. The van der Waals surface area contributed by atoms with Gasteiger partial charge in [-0.15, -0.1) is 0 Å². The topological polar surface area (TPSA) is 12.0 Å². The molecule has 0 fully saturated rings. The van der Waals surface area contributed by atoms with Gasteiger partial charge >= 0.3 is 0 Å². The lowest BCUT2D eigenvalue weighted by molar-refractivity contribution is 0.675. The smallest absolute Gasteiger partial charge is 0.0205 e. The summed E-state index contributed by atoms with van der Waals surface area (Å²) >= 11 is 0. The van der Waals surface area contributed by atoms with E-state index in [4.69, 9.17) is 0 Å². The maximum absolute atomic E-state index is 3.39. The van der Waals surface area contributed by atoms with Gasteiger partial charge in [-0.1, -0.05) is 38.1 Å². The highest BCUT2D eigenvalue weighted by molar-refractivity contribution is 5.22. The van der Waals surface area contributed by atoms with Crippen molar-refractivity contribution in [3.63, 3.8) is 0 Å². The van der Waals surface area contributed by atoms with Crippen LogP contribution in [0.25, 0.3) is 0 Å². The van der Waals surface area contributed by atoms with E-state index in [1.807, 2.05) is 0 Å². The molecule has 0 unspecified atom stereocenters. The molecule has 0 saturated carbocycles. The van der Waals surface area contributed by atoms with Gasteiger partial charge in [-0.05, 0) is 30.5 Å². The highest BCUT2D eigenvalue weighted by atomic mass is 14.8. The molecule has 0 heterocycles. The molecule has 0 bridgehead atoms. The summed E-state index contributed by atoms with van der Waals surface area (Å²) in [5, 5.41) is 3.39. The fraction of sp³-hybridized carbons (Fsp3) is 0.500. The molecule has 13 heavy (non-hydrogen) atoms. The minimum atomic E-state index is 0.998. The van der Waals surface area contributed by atoms with Gasteiger partial charge in [-0.3, -0.25) is 0 Å². The molecular formula is C12H19N. The van der Waals surface area contributed by atoms with Crippen molar-refractivity contribution >= 4 is 0 Å². The van der Waals surface area contributed by atoms with Crippen LogP contribution in [-0.4, -0.2) is 6.54 Å². The number of benzene rings is 1. The van der Waals surface area contributed by atoms with Crippen molar-refractivity contribution in [2.24, 2.45) is 0 Å². The fourth-order valence-electron chi connectivity index (χ4n) is 1.30. The normalized spacial score (nSPS) is 10.3. The molecule has 0 atom stereocenters. The first-order valence-corrected chi connectivity index (χ1v) is 5.15. The van der Waals surface area contributed by atoms with Gasteiger partial charge in [0, 0.05) is 6.54 Å². The molecular weight excluding hydrogens is 158 g/mol. The summed E-state index contributed by atoms with van der Waals surface area (Å²) in [6, 6.07) is 8.84. The lowest BCUT2D eigenvalue weighted by Gasteiger charge is -2.03. The molecule has 1 N–H and O–H groups in total. The Kier molecular flexibility index (Phi) is 4.55. The highest BCUT2D eigenvalue weighted by Crippen LogP contribution is 2.04. The van der Waals surface area contributed by atoms with Crippen LogP contribution in [0.2, 0.25) is 0 Å². The van der Waals surface area contributed by atoms with Crippen LogP contribution in [0.4, 0.5) is 0 Å². The minimum absolute atomic E-state index is 0.998. The number of hydrogen-bond acceptors (Lipinski definition) is 1. The van der Waals surface area contributed by atoms with Crippen LogP contribution in [0.1, 0.15) is 31.4 Å². The SMILES string of the molecule is CCCNCc1ccc(CC)cc1. The van der Waals surface area contributed by atoms with E-state index in [0.717, 1.165) is 19.5 Å². The van der Waals surface area contributed by atoms with Crippen molar-refractivity contribution in [3.05, 3.63) is 35.4 Å². The van der Waals surface area contributed by atoms with Gasteiger partial charge in [0.1, 0.15) is 0 Å². The largest absolute Gasteiger partial charge is 0.313 e. The van der Waals surface area contributed by atoms with E-state index in [9.17, 15) is 0 Å². The van der Waals surface area contributed by atoms with Crippen molar-refractivity contribution in [1.82, 2.24) is 5.32 Å². The molecule has 0 amide bonds. The average Bonchev–Trinajstić information content (AvgIpc) is 2.19. The van der Waals surface area contributed by atoms with Gasteiger partial charge in [-0.25, -0.2) is 0 Å². The molecule has 0 radical (unpaired) electrons. The first-order chi connectivity index (χ1) is 6.36. The summed E-state index contributed by atoms with van der Waals surface area (Å²) in [6.45, 7) is 6.48. The van der Waals surface area contributed by atoms with Gasteiger partial charge in [0.2, 0.25) is 0 Å². The third-order valence-electron chi connectivity index (χ3n) is 2.19. The molecule has 72 valence electrons. The zero-order chi connectivity index (χ0) is 9.52. The van der Waals surface area contributed by atoms with Crippen LogP contribution >= 0.6 is 0 Å². The van der Waals surface area contributed by atoms with Crippen LogP contribution in [-0.2, 0) is 13.0 Å². The van der Waals surface area contributed by atoms with Crippen LogP contribution in [0, 0.1) is 0 Å². The molecule has 1 heteroatoms. The molecule has 0 aliphatic heterocycles. The Morgan fingerprint density at radius 1 is 1.00 bits per heavy atom. The van der Waals surface area contributed by atoms with E-state index < -0.39 is 0 Å². The molecule has 0 spiro atoms. The summed E-state index contributed by atoms with van der Waals surface area (Å²) in [7, 11) is 0. The van der Waals surface area contributed by atoms with Gasteiger partial charge in [0.05, 0.1) is 0 Å². The monoisotopic (exact) mass is 177 g/mol. The molecule has 1 aromatic carbocycles. The van der Waals surface area contributed by atoms with Crippen LogP contribution < -0.4 is 5.32 Å². The average molecular weight is 177 g/mol. The third kappa shape index (κ3) is 3.60. The van der Waals surface area contributed by atoms with Gasteiger partial charge in [0.25, 0.3) is 0 Å². The van der Waals surface area contributed by atoms with Crippen LogP contribution in [0.15, 0.2) is 24.3 Å². The third-order valence-corrected chi connectivity index (χ3v) is 2.19. The van der Waals surface area contributed by atoms with E-state index in [1.54, 1.807) is 0 Å². The predicted octanol–water partition coefficient (Wildman–Crippen LogP) is 2.75. The maximum atomic E-state index is 3.39. The van der Waals surface area contributed by atoms with Gasteiger partial charge in [-0.2, -0.15) is 0 Å². The highest BCUT2D eigenvalue weighted by Gasteiger charge is 1.92. The quantitative estimate of drug-likeness (QED) is 0.682. The van der Waals surface area contributed by atoms with Crippen molar-refractivity contribution < 1.29 is 0 Å². The number of rotatable bonds is 5. The Morgan fingerprint density at radius 2 is 1.62 bits per heavy atom. The first-order valence-electron chi connectivity index (χ1n) is 5.15.